The Morgan fingerprint density at radius 3 is 2.64 bits per heavy atom. The maximum Gasteiger partial charge on any atom is 0.251 e. The van der Waals surface area contributed by atoms with Crippen molar-refractivity contribution in [3.8, 4) is 0 Å². The van der Waals surface area contributed by atoms with E-state index in [1.165, 1.54) is 0 Å². The van der Waals surface area contributed by atoms with Gasteiger partial charge in [0.15, 0.2) is 0 Å². The van der Waals surface area contributed by atoms with E-state index in [2.05, 4.69) is 10.3 Å². The van der Waals surface area contributed by atoms with E-state index in [1.54, 1.807) is 24.5 Å². The minimum Gasteiger partial charge on any atom is -0.351 e. The molecule has 4 heteroatoms. The van der Waals surface area contributed by atoms with Crippen LogP contribution in [0.4, 0.5) is 0 Å². The third-order valence-electron chi connectivity index (χ3n) is 1.79. The van der Waals surface area contributed by atoms with Crippen molar-refractivity contribution in [1.82, 2.24) is 15.2 Å². The largest absolute Gasteiger partial charge is 0.351 e. The molecule has 0 atom stereocenters. The summed E-state index contributed by atoms with van der Waals surface area (Å²) in [6.07, 6.45) is 3.22. The molecule has 0 aliphatic heterocycles. The Kier molecular flexibility index (Phi) is 4.07. The summed E-state index contributed by atoms with van der Waals surface area (Å²) < 4.78 is 0. The number of hydrogen-bond donors (Lipinski definition) is 1. The van der Waals surface area contributed by atoms with E-state index in [-0.39, 0.29) is 5.91 Å². The van der Waals surface area contributed by atoms with Crippen LogP contribution in [0, 0.1) is 0 Å². The summed E-state index contributed by atoms with van der Waals surface area (Å²) in [5, 5.41) is 2.82. The van der Waals surface area contributed by atoms with Crippen molar-refractivity contribution >= 4 is 5.91 Å². The molecule has 0 aliphatic rings. The Morgan fingerprint density at radius 1 is 1.43 bits per heavy atom. The SMILES string of the molecule is CN(C)CCNC(=O)c1ccncc1. The maximum absolute atomic E-state index is 11.5. The van der Waals surface area contributed by atoms with Gasteiger partial charge in [-0.2, -0.15) is 0 Å². The lowest BCUT2D eigenvalue weighted by Gasteiger charge is -2.10. The predicted molar refractivity (Wildman–Crippen MR) is 55.1 cm³/mol. The van der Waals surface area contributed by atoms with Gasteiger partial charge in [0.25, 0.3) is 5.91 Å². The molecule has 1 N–H and O–H groups in total. The number of rotatable bonds is 4. The summed E-state index contributed by atoms with van der Waals surface area (Å²) in [5.41, 5.74) is 0.652. The van der Waals surface area contributed by atoms with E-state index in [4.69, 9.17) is 0 Å². The van der Waals surface area contributed by atoms with E-state index in [9.17, 15) is 4.79 Å². The van der Waals surface area contributed by atoms with Crippen LogP contribution in [0.5, 0.6) is 0 Å². The zero-order valence-electron chi connectivity index (χ0n) is 8.53. The first-order valence-corrected chi connectivity index (χ1v) is 4.53. The van der Waals surface area contributed by atoms with Crippen LogP contribution in [0.3, 0.4) is 0 Å². The Hall–Kier alpha value is -1.42. The Morgan fingerprint density at radius 2 is 2.07 bits per heavy atom. The second-order valence-corrected chi connectivity index (χ2v) is 3.30. The average Bonchev–Trinajstić information content (AvgIpc) is 2.18. The molecule has 0 spiro atoms. The minimum atomic E-state index is -0.0470. The Bertz CT molecular complexity index is 285. The van der Waals surface area contributed by atoms with Crippen molar-refractivity contribution in [3.63, 3.8) is 0 Å². The van der Waals surface area contributed by atoms with Gasteiger partial charge in [0, 0.05) is 31.0 Å². The van der Waals surface area contributed by atoms with Crippen molar-refractivity contribution in [3.05, 3.63) is 30.1 Å². The first kappa shape index (κ1) is 10.7. The first-order chi connectivity index (χ1) is 6.70. The molecule has 0 aromatic carbocycles. The van der Waals surface area contributed by atoms with Gasteiger partial charge in [-0.25, -0.2) is 0 Å². The molecule has 14 heavy (non-hydrogen) atoms. The fourth-order valence-corrected chi connectivity index (χ4v) is 0.998. The highest BCUT2D eigenvalue weighted by Gasteiger charge is 2.02. The number of pyridine rings is 1. The normalized spacial score (nSPS) is 10.2. The molecule has 0 saturated carbocycles. The highest BCUT2D eigenvalue weighted by Crippen LogP contribution is 1.94. The summed E-state index contributed by atoms with van der Waals surface area (Å²) >= 11 is 0. The summed E-state index contributed by atoms with van der Waals surface area (Å²) in [6.45, 7) is 1.50. The van der Waals surface area contributed by atoms with Crippen molar-refractivity contribution in [2.24, 2.45) is 0 Å². The number of hydrogen-bond acceptors (Lipinski definition) is 3. The van der Waals surface area contributed by atoms with Crippen LogP contribution >= 0.6 is 0 Å². The van der Waals surface area contributed by atoms with Crippen molar-refractivity contribution in [1.29, 1.82) is 0 Å². The van der Waals surface area contributed by atoms with Gasteiger partial charge in [-0.15, -0.1) is 0 Å². The van der Waals surface area contributed by atoms with Crippen LogP contribution in [-0.2, 0) is 0 Å². The number of likely N-dealkylation sites (N-methyl/N-ethyl adjacent to an activating group) is 1. The van der Waals surface area contributed by atoms with Crippen molar-refractivity contribution < 1.29 is 4.79 Å². The van der Waals surface area contributed by atoms with Gasteiger partial charge in [0.05, 0.1) is 0 Å². The summed E-state index contributed by atoms with van der Waals surface area (Å²) in [7, 11) is 3.94. The fraction of sp³-hybridized carbons (Fsp3) is 0.400. The molecule has 0 fully saturated rings. The summed E-state index contributed by atoms with van der Waals surface area (Å²) in [5.74, 6) is -0.0470. The second kappa shape index (κ2) is 5.34. The third kappa shape index (κ3) is 3.53. The topological polar surface area (TPSA) is 45.2 Å². The molecule has 1 aromatic rings. The van der Waals surface area contributed by atoms with Crippen LogP contribution in [0.2, 0.25) is 0 Å². The molecule has 4 nitrogen and oxygen atoms in total. The van der Waals surface area contributed by atoms with Gasteiger partial charge >= 0.3 is 0 Å². The highest BCUT2D eigenvalue weighted by atomic mass is 16.1. The van der Waals surface area contributed by atoms with Crippen LogP contribution in [-0.4, -0.2) is 43.0 Å². The molecule has 1 rings (SSSR count). The summed E-state index contributed by atoms with van der Waals surface area (Å²) in [6, 6.07) is 3.40. The number of amides is 1. The maximum atomic E-state index is 11.5. The van der Waals surface area contributed by atoms with Crippen molar-refractivity contribution in [2.45, 2.75) is 0 Å². The van der Waals surface area contributed by atoms with E-state index >= 15 is 0 Å². The second-order valence-electron chi connectivity index (χ2n) is 3.30. The Labute approximate surface area is 83.9 Å². The molecule has 0 bridgehead atoms. The molecule has 1 aromatic heterocycles. The third-order valence-corrected chi connectivity index (χ3v) is 1.79. The molecule has 1 amide bonds. The number of carbonyl (C=O) groups is 1. The molecule has 0 aliphatic carbocycles. The van der Waals surface area contributed by atoms with Gasteiger partial charge in [0.2, 0.25) is 0 Å². The molecular weight excluding hydrogens is 178 g/mol. The average molecular weight is 193 g/mol. The van der Waals surface area contributed by atoms with Gasteiger partial charge in [0.1, 0.15) is 0 Å². The molecule has 0 unspecified atom stereocenters. The van der Waals surface area contributed by atoms with Crippen molar-refractivity contribution in [2.75, 3.05) is 27.2 Å². The zero-order valence-corrected chi connectivity index (χ0v) is 8.53. The lowest BCUT2D eigenvalue weighted by atomic mass is 10.2. The highest BCUT2D eigenvalue weighted by molar-refractivity contribution is 5.93. The van der Waals surface area contributed by atoms with Gasteiger partial charge < -0.3 is 10.2 Å². The van der Waals surface area contributed by atoms with E-state index in [1.807, 2.05) is 19.0 Å². The smallest absolute Gasteiger partial charge is 0.251 e. The van der Waals surface area contributed by atoms with Crippen LogP contribution in [0.15, 0.2) is 24.5 Å². The minimum absolute atomic E-state index is 0.0470. The number of aromatic nitrogens is 1. The lowest BCUT2D eigenvalue weighted by Crippen LogP contribution is -2.31. The molecule has 0 saturated heterocycles. The quantitative estimate of drug-likeness (QED) is 0.751. The predicted octanol–water partition coefficient (Wildman–Crippen LogP) is 0.373. The van der Waals surface area contributed by atoms with E-state index in [0.717, 1.165) is 6.54 Å². The van der Waals surface area contributed by atoms with Crippen LogP contribution in [0.1, 0.15) is 10.4 Å². The van der Waals surface area contributed by atoms with Gasteiger partial charge in [-0.1, -0.05) is 0 Å². The molecule has 0 radical (unpaired) electrons. The van der Waals surface area contributed by atoms with E-state index < -0.39 is 0 Å². The summed E-state index contributed by atoms with van der Waals surface area (Å²) in [4.78, 5) is 17.3. The van der Waals surface area contributed by atoms with E-state index in [0.29, 0.717) is 12.1 Å². The molecular formula is C10H15N3O. The molecule has 76 valence electrons. The number of nitrogens with zero attached hydrogens (tertiary/aromatic N) is 2. The standard InChI is InChI=1S/C10H15N3O/c1-13(2)8-7-12-10(14)9-3-5-11-6-4-9/h3-6H,7-8H2,1-2H3,(H,12,14). The number of nitrogens with one attached hydrogen (secondary N) is 1. The van der Waals surface area contributed by atoms with Crippen LogP contribution < -0.4 is 5.32 Å². The fourth-order valence-electron chi connectivity index (χ4n) is 0.998. The van der Waals surface area contributed by atoms with Gasteiger partial charge in [-0.3, -0.25) is 9.78 Å². The lowest BCUT2D eigenvalue weighted by molar-refractivity contribution is 0.0951. The van der Waals surface area contributed by atoms with Crippen LogP contribution in [0.25, 0.3) is 0 Å². The monoisotopic (exact) mass is 193 g/mol. The van der Waals surface area contributed by atoms with Gasteiger partial charge in [-0.05, 0) is 26.2 Å². The Balaban J connectivity index is 2.36. The number of carbonyl (C=O) groups excluding carboxylic acids is 1. The zero-order chi connectivity index (χ0) is 10.4. The molecule has 1 heterocycles. The first-order valence-electron chi connectivity index (χ1n) is 4.53.